The number of carbonyl (C=O) groups excluding carboxylic acids is 1. The second-order valence-electron chi connectivity index (χ2n) is 6.00. The summed E-state index contributed by atoms with van der Waals surface area (Å²) in [7, 11) is 0. The molecule has 1 amide bonds. The molecule has 25 heavy (non-hydrogen) atoms. The molecule has 1 atom stereocenters. The highest BCUT2D eigenvalue weighted by Crippen LogP contribution is 2.36. The van der Waals surface area contributed by atoms with E-state index in [2.05, 4.69) is 6.08 Å². The van der Waals surface area contributed by atoms with Crippen molar-refractivity contribution in [1.82, 2.24) is 10.0 Å². The van der Waals surface area contributed by atoms with Crippen LogP contribution >= 0.6 is 24.0 Å². The Bertz CT molecular complexity index is 784. The molecule has 2 saturated heterocycles. The fourth-order valence-corrected chi connectivity index (χ4v) is 4.34. The van der Waals surface area contributed by atoms with E-state index in [0.717, 1.165) is 16.9 Å². The summed E-state index contributed by atoms with van der Waals surface area (Å²) in [6.45, 7) is 4.57. The van der Waals surface area contributed by atoms with Crippen LogP contribution < -0.4 is 4.74 Å². The molecule has 7 heteroatoms. The minimum Gasteiger partial charge on any atom is -0.485 e. The van der Waals surface area contributed by atoms with Crippen LogP contribution in [-0.4, -0.2) is 52.7 Å². The number of nitrogens with zero attached hydrogens (tertiary/aromatic N) is 2. The zero-order valence-corrected chi connectivity index (χ0v) is 15.4. The van der Waals surface area contributed by atoms with Gasteiger partial charge in [0.25, 0.3) is 5.91 Å². The smallest absolute Gasteiger partial charge is 0.280 e. The van der Waals surface area contributed by atoms with Crippen LogP contribution in [0.15, 0.2) is 40.8 Å². The number of ether oxygens (including phenoxy) is 2. The Morgan fingerprint density at radius 1 is 1.28 bits per heavy atom. The van der Waals surface area contributed by atoms with E-state index < -0.39 is 0 Å². The number of fused-ring (bicyclic) bond motifs is 1. The predicted octanol–water partition coefficient (Wildman–Crippen LogP) is 2.84. The summed E-state index contributed by atoms with van der Waals surface area (Å²) in [5, 5.41) is 3.57. The molecule has 0 saturated carbocycles. The molecule has 0 aliphatic carbocycles. The fourth-order valence-electron chi connectivity index (χ4n) is 3.03. The molecule has 0 bridgehead atoms. The van der Waals surface area contributed by atoms with Crippen molar-refractivity contribution >= 4 is 40.3 Å². The third-order valence-electron chi connectivity index (χ3n) is 4.36. The molecule has 2 fully saturated rings. The summed E-state index contributed by atoms with van der Waals surface area (Å²) >= 11 is 6.77. The molecule has 1 unspecified atom stereocenters. The Kier molecular flexibility index (Phi) is 4.64. The van der Waals surface area contributed by atoms with Crippen molar-refractivity contribution in [2.75, 3.05) is 26.3 Å². The van der Waals surface area contributed by atoms with Gasteiger partial charge in [-0.2, -0.15) is 0 Å². The monoisotopic (exact) mass is 374 g/mol. The van der Waals surface area contributed by atoms with Gasteiger partial charge in [-0.15, -0.1) is 0 Å². The average molecular weight is 374 g/mol. The van der Waals surface area contributed by atoms with E-state index in [4.69, 9.17) is 21.7 Å². The zero-order chi connectivity index (χ0) is 17.4. The Morgan fingerprint density at radius 3 is 2.84 bits per heavy atom. The number of carbonyl (C=O) groups is 1. The van der Waals surface area contributed by atoms with Gasteiger partial charge in [0, 0.05) is 18.7 Å². The zero-order valence-electron chi connectivity index (χ0n) is 13.8. The van der Waals surface area contributed by atoms with E-state index in [9.17, 15) is 4.79 Å². The molecule has 5 nitrogen and oxygen atoms in total. The molecular weight excluding hydrogens is 356 g/mol. The molecule has 0 radical (unpaired) electrons. The van der Waals surface area contributed by atoms with E-state index in [1.807, 2.05) is 42.3 Å². The molecule has 3 heterocycles. The second-order valence-corrected chi connectivity index (χ2v) is 7.68. The lowest BCUT2D eigenvalue weighted by atomic mass is 10.0. The molecule has 3 aliphatic heterocycles. The van der Waals surface area contributed by atoms with Crippen LogP contribution in [-0.2, 0) is 9.53 Å². The Morgan fingerprint density at radius 2 is 2.04 bits per heavy atom. The number of thioether (sulfide) groups is 1. The summed E-state index contributed by atoms with van der Waals surface area (Å²) in [6.07, 6.45) is 3.87. The van der Waals surface area contributed by atoms with Crippen LogP contribution in [0.2, 0.25) is 0 Å². The van der Waals surface area contributed by atoms with Gasteiger partial charge >= 0.3 is 0 Å². The highest BCUT2D eigenvalue weighted by atomic mass is 32.2. The van der Waals surface area contributed by atoms with Gasteiger partial charge in [-0.05, 0) is 30.7 Å². The molecule has 3 aliphatic rings. The largest absolute Gasteiger partial charge is 0.485 e. The van der Waals surface area contributed by atoms with Crippen LogP contribution in [0, 0.1) is 0 Å². The highest BCUT2D eigenvalue weighted by Gasteiger charge is 2.37. The van der Waals surface area contributed by atoms with Crippen LogP contribution in [0.3, 0.4) is 0 Å². The first-order valence-corrected chi connectivity index (χ1v) is 9.44. The number of hydrogen-bond acceptors (Lipinski definition) is 6. The number of rotatable bonds is 2. The SMILES string of the molecule is CC1Oc2ccccc2C=C1C=C1SC(=S)N(N2CCOCC2)C1=O. The molecule has 0 N–H and O–H groups in total. The fraction of sp³-hybridized carbons (Fsp3) is 0.333. The normalized spacial score (nSPS) is 25.8. The van der Waals surface area contributed by atoms with Gasteiger partial charge in [-0.3, -0.25) is 4.79 Å². The van der Waals surface area contributed by atoms with Gasteiger partial charge in [0.05, 0.1) is 18.1 Å². The first-order valence-electron chi connectivity index (χ1n) is 8.21. The second kappa shape index (κ2) is 6.92. The molecule has 130 valence electrons. The van der Waals surface area contributed by atoms with E-state index in [1.165, 1.54) is 11.8 Å². The van der Waals surface area contributed by atoms with Crippen LogP contribution in [0.25, 0.3) is 6.08 Å². The maximum atomic E-state index is 12.8. The molecule has 4 rings (SSSR count). The van der Waals surface area contributed by atoms with Crippen LogP contribution in [0.5, 0.6) is 5.75 Å². The van der Waals surface area contributed by atoms with Crippen molar-refractivity contribution in [2.24, 2.45) is 0 Å². The predicted molar refractivity (Wildman–Crippen MR) is 102 cm³/mol. The van der Waals surface area contributed by atoms with Gasteiger partial charge in [-0.25, -0.2) is 10.0 Å². The number of amides is 1. The van der Waals surface area contributed by atoms with Crippen molar-refractivity contribution in [3.63, 3.8) is 0 Å². The lowest BCUT2D eigenvalue weighted by molar-refractivity contribution is -0.138. The third-order valence-corrected chi connectivity index (χ3v) is 5.64. The van der Waals surface area contributed by atoms with Crippen LogP contribution in [0.4, 0.5) is 0 Å². The van der Waals surface area contributed by atoms with Crippen molar-refractivity contribution in [3.8, 4) is 5.75 Å². The molecule has 1 aromatic carbocycles. The molecule has 0 aromatic heterocycles. The quantitative estimate of drug-likeness (QED) is 0.586. The van der Waals surface area contributed by atoms with Gasteiger partial charge in [0.1, 0.15) is 11.9 Å². The number of morpholine rings is 1. The summed E-state index contributed by atoms with van der Waals surface area (Å²) < 4.78 is 11.9. The van der Waals surface area contributed by atoms with Crippen molar-refractivity contribution in [1.29, 1.82) is 0 Å². The maximum Gasteiger partial charge on any atom is 0.280 e. The lowest BCUT2D eigenvalue weighted by Crippen LogP contribution is -2.50. The number of benzene rings is 1. The highest BCUT2D eigenvalue weighted by molar-refractivity contribution is 8.26. The van der Waals surface area contributed by atoms with Crippen molar-refractivity contribution in [2.45, 2.75) is 13.0 Å². The molecule has 0 spiro atoms. The van der Waals surface area contributed by atoms with Gasteiger partial charge in [-0.1, -0.05) is 42.2 Å². The summed E-state index contributed by atoms with van der Waals surface area (Å²) in [5.74, 6) is 0.803. The number of thiocarbonyl (C=S) groups is 1. The minimum atomic E-state index is -0.109. The summed E-state index contributed by atoms with van der Waals surface area (Å²) in [5.41, 5.74) is 2.00. The first-order chi connectivity index (χ1) is 12.1. The van der Waals surface area contributed by atoms with Crippen LogP contribution in [0.1, 0.15) is 12.5 Å². The molecule has 1 aromatic rings. The maximum absolute atomic E-state index is 12.8. The summed E-state index contributed by atoms with van der Waals surface area (Å²) in [6, 6.07) is 7.90. The van der Waals surface area contributed by atoms with Crippen molar-refractivity contribution < 1.29 is 14.3 Å². The van der Waals surface area contributed by atoms with Gasteiger partial charge in [0.2, 0.25) is 0 Å². The van der Waals surface area contributed by atoms with E-state index in [-0.39, 0.29) is 12.0 Å². The third kappa shape index (κ3) is 3.25. The Labute approximate surface area is 156 Å². The topological polar surface area (TPSA) is 42.0 Å². The lowest BCUT2D eigenvalue weighted by Gasteiger charge is -2.33. The van der Waals surface area contributed by atoms with Gasteiger partial charge < -0.3 is 9.47 Å². The van der Waals surface area contributed by atoms with Crippen molar-refractivity contribution in [3.05, 3.63) is 46.4 Å². The Hall–Kier alpha value is -1.67. The Balaban J connectivity index is 1.60. The number of para-hydroxylation sites is 1. The van der Waals surface area contributed by atoms with E-state index >= 15 is 0 Å². The van der Waals surface area contributed by atoms with E-state index in [0.29, 0.717) is 35.5 Å². The summed E-state index contributed by atoms with van der Waals surface area (Å²) in [4.78, 5) is 13.5. The number of hydrogen-bond donors (Lipinski definition) is 0. The average Bonchev–Trinajstić information content (AvgIpc) is 2.90. The minimum absolute atomic E-state index is 0.0659. The van der Waals surface area contributed by atoms with E-state index in [1.54, 1.807) is 5.01 Å². The number of hydrazine groups is 1. The standard InChI is InChI=1S/C18H18N2O3S2/c1-12-14(10-13-4-2-3-5-15(13)23-12)11-16-17(21)20(18(24)25-16)19-6-8-22-9-7-19/h2-5,10-12H,6-9H2,1H3. The molecular formula is C18H18N2O3S2. The van der Waals surface area contributed by atoms with Gasteiger partial charge in [0.15, 0.2) is 4.32 Å². The first kappa shape index (κ1) is 16.8.